The Kier molecular flexibility index (Phi) is 2.69. The molecule has 0 unspecified atom stereocenters. The fourth-order valence-electron chi connectivity index (χ4n) is 0.854. The van der Waals surface area contributed by atoms with Crippen molar-refractivity contribution in [2.45, 2.75) is 0 Å². The maximum absolute atomic E-state index is 5.28. The number of aromatic nitrogens is 3. The number of pyridine rings is 1. The first-order valence-corrected chi connectivity index (χ1v) is 4.70. The first-order valence-electron chi connectivity index (χ1n) is 3.91. The van der Waals surface area contributed by atoms with Gasteiger partial charge in [-0.15, -0.1) is 0 Å². The van der Waals surface area contributed by atoms with Crippen LogP contribution in [0.1, 0.15) is 0 Å². The molecular formula is C9H6BrN3O. The summed E-state index contributed by atoms with van der Waals surface area (Å²) < 4.78 is 6.18. The normalized spacial score (nSPS) is 9.79. The first-order chi connectivity index (χ1) is 6.84. The molecule has 14 heavy (non-hydrogen) atoms. The third-order valence-corrected chi connectivity index (χ3v) is 1.91. The van der Waals surface area contributed by atoms with Crippen LogP contribution in [0.15, 0.2) is 41.3 Å². The molecule has 2 rings (SSSR count). The summed E-state index contributed by atoms with van der Waals surface area (Å²) in [4.78, 5) is 11.8. The second-order valence-electron chi connectivity index (χ2n) is 2.45. The van der Waals surface area contributed by atoms with E-state index in [0.29, 0.717) is 11.9 Å². The summed E-state index contributed by atoms with van der Waals surface area (Å²) in [5.41, 5.74) is 0. The lowest BCUT2D eigenvalue weighted by Gasteiger charge is -2.00. The van der Waals surface area contributed by atoms with Crippen LogP contribution in [0.25, 0.3) is 0 Å². The molecule has 0 aliphatic heterocycles. The molecule has 2 aromatic rings. The molecule has 2 aromatic heterocycles. The number of ether oxygens (including phenoxy) is 1. The van der Waals surface area contributed by atoms with E-state index in [9.17, 15) is 0 Å². The Bertz CT molecular complexity index is 404. The molecule has 0 radical (unpaired) electrons. The molecule has 5 heteroatoms. The van der Waals surface area contributed by atoms with Gasteiger partial charge < -0.3 is 4.74 Å². The van der Waals surface area contributed by atoms with Gasteiger partial charge in [-0.1, -0.05) is 0 Å². The van der Waals surface area contributed by atoms with E-state index in [1.54, 1.807) is 30.7 Å². The molecular weight excluding hydrogens is 246 g/mol. The fourth-order valence-corrected chi connectivity index (χ4v) is 1.09. The molecule has 0 aliphatic carbocycles. The number of hydrogen-bond donors (Lipinski definition) is 0. The summed E-state index contributed by atoms with van der Waals surface area (Å²) in [6, 6.07) is 5.59. The minimum atomic E-state index is 0.294. The zero-order chi connectivity index (χ0) is 9.80. The van der Waals surface area contributed by atoms with Gasteiger partial charge in [0.15, 0.2) is 0 Å². The summed E-state index contributed by atoms with van der Waals surface area (Å²) in [5, 5.41) is 0. The van der Waals surface area contributed by atoms with Crippen molar-refractivity contribution in [2.24, 2.45) is 0 Å². The summed E-state index contributed by atoms with van der Waals surface area (Å²) in [6.07, 6.45) is 4.88. The first kappa shape index (κ1) is 9.08. The predicted octanol–water partition coefficient (Wildman–Crippen LogP) is 2.43. The molecule has 70 valence electrons. The van der Waals surface area contributed by atoms with Gasteiger partial charge >= 0.3 is 6.01 Å². The van der Waals surface area contributed by atoms with Gasteiger partial charge in [-0.25, -0.2) is 15.0 Å². The second kappa shape index (κ2) is 4.15. The van der Waals surface area contributed by atoms with Crippen LogP contribution >= 0.6 is 15.9 Å². The summed E-state index contributed by atoms with van der Waals surface area (Å²) in [6.45, 7) is 0. The molecule has 0 saturated heterocycles. The maximum Gasteiger partial charge on any atom is 0.323 e. The van der Waals surface area contributed by atoms with Crippen LogP contribution in [0.3, 0.4) is 0 Å². The Morgan fingerprint density at radius 2 is 1.86 bits per heavy atom. The van der Waals surface area contributed by atoms with Crippen molar-refractivity contribution in [1.29, 1.82) is 0 Å². The van der Waals surface area contributed by atoms with Crippen LogP contribution in [-0.2, 0) is 0 Å². The lowest BCUT2D eigenvalue weighted by Crippen LogP contribution is -1.91. The average molecular weight is 252 g/mol. The van der Waals surface area contributed by atoms with Gasteiger partial charge in [0.05, 0.1) is 0 Å². The van der Waals surface area contributed by atoms with E-state index >= 15 is 0 Å². The van der Waals surface area contributed by atoms with Gasteiger partial charge in [-0.05, 0) is 28.1 Å². The molecule has 0 aliphatic rings. The van der Waals surface area contributed by atoms with Crippen LogP contribution in [0.4, 0.5) is 0 Å². The highest BCUT2D eigenvalue weighted by Gasteiger charge is 1.98. The Hall–Kier alpha value is -1.49. The van der Waals surface area contributed by atoms with Crippen LogP contribution < -0.4 is 4.74 Å². The third kappa shape index (κ3) is 2.26. The van der Waals surface area contributed by atoms with E-state index in [4.69, 9.17) is 4.74 Å². The zero-order valence-corrected chi connectivity index (χ0v) is 8.68. The monoisotopic (exact) mass is 251 g/mol. The minimum absolute atomic E-state index is 0.294. The van der Waals surface area contributed by atoms with Gasteiger partial charge in [0.1, 0.15) is 0 Å². The highest BCUT2D eigenvalue weighted by molar-refractivity contribution is 9.10. The molecule has 2 heterocycles. The van der Waals surface area contributed by atoms with E-state index in [-0.39, 0.29) is 0 Å². The van der Waals surface area contributed by atoms with Crippen molar-refractivity contribution >= 4 is 15.9 Å². The molecule has 0 atom stereocenters. The van der Waals surface area contributed by atoms with Crippen molar-refractivity contribution in [3.63, 3.8) is 0 Å². The molecule has 0 amide bonds. The molecule has 0 spiro atoms. The Morgan fingerprint density at radius 3 is 2.50 bits per heavy atom. The predicted molar refractivity (Wildman–Crippen MR) is 54.0 cm³/mol. The van der Waals surface area contributed by atoms with E-state index in [2.05, 4.69) is 30.9 Å². The van der Waals surface area contributed by atoms with E-state index < -0.39 is 0 Å². The smallest absolute Gasteiger partial charge is 0.323 e. The average Bonchev–Trinajstić information content (AvgIpc) is 2.23. The van der Waals surface area contributed by atoms with Crippen LogP contribution in [-0.4, -0.2) is 15.0 Å². The highest BCUT2D eigenvalue weighted by Crippen LogP contribution is 2.16. The lowest BCUT2D eigenvalue weighted by atomic mass is 10.5. The summed E-state index contributed by atoms with van der Waals surface area (Å²) in [5.74, 6) is 0.472. The van der Waals surface area contributed by atoms with Crippen molar-refractivity contribution in [3.8, 4) is 11.9 Å². The zero-order valence-electron chi connectivity index (χ0n) is 7.09. The van der Waals surface area contributed by atoms with Crippen molar-refractivity contribution in [2.75, 3.05) is 0 Å². The molecule has 0 bridgehead atoms. The SMILES string of the molecule is Brc1ccc(Oc2ncccn2)nc1. The quantitative estimate of drug-likeness (QED) is 0.823. The van der Waals surface area contributed by atoms with Gasteiger partial charge in [-0.2, -0.15) is 0 Å². The Morgan fingerprint density at radius 1 is 1.07 bits per heavy atom. The van der Waals surface area contributed by atoms with Crippen molar-refractivity contribution < 1.29 is 4.74 Å². The molecule has 0 aromatic carbocycles. The Labute approximate surface area is 89.1 Å². The largest absolute Gasteiger partial charge is 0.405 e. The summed E-state index contributed by atoms with van der Waals surface area (Å²) >= 11 is 3.28. The number of hydrogen-bond acceptors (Lipinski definition) is 4. The van der Waals surface area contributed by atoms with Gasteiger partial charge in [0, 0.05) is 29.1 Å². The fraction of sp³-hybridized carbons (Fsp3) is 0. The lowest BCUT2D eigenvalue weighted by molar-refractivity contribution is 0.425. The molecule has 0 N–H and O–H groups in total. The van der Waals surface area contributed by atoms with Crippen LogP contribution in [0, 0.1) is 0 Å². The molecule has 0 saturated carbocycles. The van der Waals surface area contributed by atoms with Crippen molar-refractivity contribution in [1.82, 2.24) is 15.0 Å². The maximum atomic E-state index is 5.28. The Balaban J connectivity index is 2.16. The standard InChI is InChI=1S/C9H6BrN3O/c10-7-2-3-8(13-6-7)14-9-11-4-1-5-12-9/h1-6H. The molecule has 0 fully saturated rings. The van der Waals surface area contributed by atoms with Gasteiger partial charge in [-0.3, -0.25) is 0 Å². The van der Waals surface area contributed by atoms with E-state index in [1.807, 2.05) is 6.07 Å². The van der Waals surface area contributed by atoms with Gasteiger partial charge in [0.25, 0.3) is 0 Å². The third-order valence-electron chi connectivity index (χ3n) is 1.44. The second-order valence-corrected chi connectivity index (χ2v) is 3.36. The number of nitrogens with zero attached hydrogens (tertiary/aromatic N) is 3. The van der Waals surface area contributed by atoms with E-state index in [1.165, 1.54) is 0 Å². The number of rotatable bonds is 2. The molecule has 4 nitrogen and oxygen atoms in total. The van der Waals surface area contributed by atoms with E-state index in [0.717, 1.165) is 4.47 Å². The highest BCUT2D eigenvalue weighted by atomic mass is 79.9. The minimum Gasteiger partial charge on any atom is -0.405 e. The number of halogens is 1. The van der Waals surface area contributed by atoms with Gasteiger partial charge in [0.2, 0.25) is 5.88 Å². The van der Waals surface area contributed by atoms with Crippen LogP contribution in [0.5, 0.6) is 11.9 Å². The van der Waals surface area contributed by atoms with Crippen molar-refractivity contribution in [3.05, 3.63) is 41.3 Å². The summed E-state index contributed by atoms with van der Waals surface area (Å²) in [7, 11) is 0. The van der Waals surface area contributed by atoms with Crippen LogP contribution in [0.2, 0.25) is 0 Å². The topological polar surface area (TPSA) is 47.9 Å².